The highest BCUT2D eigenvalue weighted by molar-refractivity contribution is 5.78. The third-order valence-corrected chi connectivity index (χ3v) is 5.59. The van der Waals surface area contributed by atoms with E-state index in [9.17, 15) is 40.5 Å². The van der Waals surface area contributed by atoms with Gasteiger partial charge in [-0.2, -0.15) is 0 Å². The van der Waals surface area contributed by atoms with Crippen LogP contribution in [0.15, 0.2) is 0 Å². The molecule has 0 aromatic heterocycles. The van der Waals surface area contributed by atoms with Gasteiger partial charge in [-0.1, -0.05) is 19.8 Å². The van der Waals surface area contributed by atoms with Crippen molar-refractivity contribution in [3.05, 3.63) is 0 Å². The van der Waals surface area contributed by atoms with E-state index in [1.165, 1.54) is 0 Å². The third-order valence-electron chi connectivity index (χ3n) is 5.59. The zero-order valence-electron chi connectivity index (χ0n) is 17.0. The summed E-state index contributed by atoms with van der Waals surface area (Å²) in [4.78, 5) is 12.1. The molecule has 11 nitrogen and oxygen atoms in total. The SMILES string of the molecule is CCCCCC(=O)C[C@@H]1O[C@H](CO)[C@@H](O[C@@H]2O[C@H](CO)[C@@H](O)[C@H](O)[C@H]2O)[C@H](O)[C@H]1O. The maximum absolute atomic E-state index is 12.1. The van der Waals surface area contributed by atoms with Crippen LogP contribution in [0.5, 0.6) is 0 Å². The molecule has 11 heteroatoms. The van der Waals surface area contributed by atoms with E-state index in [-0.39, 0.29) is 12.2 Å². The molecule has 176 valence electrons. The van der Waals surface area contributed by atoms with Crippen LogP contribution in [-0.4, -0.2) is 116 Å². The number of unbranched alkanes of at least 4 members (excludes halogenated alkanes) is 2. The molecule has 0 aromatic rings. The van der Waals surface area contributed by atoms with Crippen LogP contribution in [0.1, 0.15) is 39.0 Å². The highest BCUT2D eigenvalue weighted by Gasteiger charge is 2.50. The lowest BCUT2D eigenvalue weighted by molar-refractivity contribution is -0.341. The number of Topliss-reactive ketones (excluding diaryl/α,β-unsaturated/α-hetero) is 1. The molecule has 10 atom stereocenters. The van der Waals surface area contributed by atoms with E-state index >= 15 is 0 Å². The van der Waals surface area contributed by atoms with Crippen molar-refractivity contribution >= 4 is 5.78 Å². The summed E-state index contributed by atoms with van der Waals surface area (Å²) in [6, 6.07) is 0. The van der Waals surface area contributed by atoms with Gasteiger partial charge in [-0.3, -0.25) is 4.79 Å². The molecule has 0 bridgehead atoms. The minimum Gasteiger partial charge on any atom is -0.394 e. The summed E-state index contributed by atoms with van der Waals surface area (Å²) in [6.45, 7) is 0.728. The van der Waals surface area contributed by atoms with Crippen molar-refractivity contribution in [2.24, 2.45) is 0 Å². The topological polar surface area (TPSA) is 186 Å². The molecule has 0 spiro atoms. The molecular weight excluding hydrogens is 404 g/mol. The lowest BCUT2D eigenvalue weighted by Crippen LogP contribution is -2.64. The second-order valence-electron chi connectivity index (χ2n) is 7.87. The van der Waals surface area contributed by atoms with Gasteiger partial charge >= 0.3 is 0 Å². The van der Waals surface area contributed by atoms with Crippen molar-refractivity contribution < 1.29 is 54.8 Å². The van der Waals surface area contributed by atoms with Crippen LogP contribution in [0.25, 0.3) is 0 Å². The van der Waals surface area contributed by atoms with Crippen molar-refractivity contribution in [1.82, 2.24) is 0 Å². The van der Waals surface area contributed by atoms with Gasteiger partial charge in [-0.15, -0.1) is 0 Å². The number of aliphatic hydroxyl groups is 7. The van der Waals surface area contributed by atoms with Crippen molar-refractivity contribution in [3.8, 4) is 0 Å². The maximum Gasteiger partial charge on any atom is 0.187 e. The summed E-state index contributed by atoms with van der Waals surface area (Å²) in [5.74, 6) is -0.135. The van der Waals surface area contributed by atoms with E-state index in [0.29, 0.717) is 12.8 Å². The van der Waals surface area contributed by atoms with E-state index < -0.39 is 74.4 Å². The van der Waals surface area contributed by atoms with E-state index in [1.807, 2.05) is 6.92 Å². The fourth-order valence-electron chi connectivity index (χ4n) is 3.73. The Bertz CT molecular complexity index is 529. The Balaban J connectivity index is 2.03. The van der Waals surface area contributed by atoms with Crippen molar-refractivity contribution in [2.45, 2.75) is 100 Å². The molecule has 0 unspecified atom stereocenters. The number of rotatable bonds is 10. The van der Waals surface area contributed by atoms with Gasteiger partial charge in [0.15, 0.2) is 6.29 Å². The van der Waals surface area contributed by atoms with Crippen molar-refractivity contribution in [2.75, 3.05) is 13.2 Å². The van der Waals surface area contributed by atoms with Crippen LogP contribution < -0.4 is 0 Å². The Hall–Kier alpha value is -0.730. The standard InChI is InChI=1S/C19H34O11/c1-2-3-4-5-9(22)6-10-13(23)16(26)18(12(8-21)28-10)30-19-17(27)15(25)14(24)11(7-20)29-19/h10-21,23-27H,2-8H2,1H3/t10-,11+,12+,13-,14+,15-,16+,17+,18+,19-/m0/s1. The van der Waals surface area contributed by atoms with Crippen LogP contribution >= 0.6 is 0 Å². The van der Waals surface area contributed by atoms with E-state index in [0.717, 1.165) is 12.8 Å². The second kappa shape index (κ2) is 11.8. The predicted octanol–water partition coefficient (Wildman–Crippen LogP) is -2.81. The highest BCUT2D eigenvalue weighted by Crippen LogP contribution is 2.30. The van der Waals surface area contributed by atoms with Gasteiger partial charge in [-0.05, 0) is 6.42 Å². The van der Waals surface area contributed by atoms with Gasteiger partial charge in [0.05, 0.1) is 19.3 Å². The number of hydrogen-bond donors (Lipinski definition) is 7. The van der Waals surface area contributed by atoms with Crippen molar-refractivity contribution in [3.63, 3.8) is 0 Å². The number of carbonyl (C=O) groups excluding carboxylic acids is 1. The molecule has 2 saturated heterocycles. The van der Waals surface area contributed by atoms with E-state index in [4.69, 9.17) is 14.2 Å². The molecule has 0 amide bonds. The Morgan fingerprint density at radius 1 is 0.800 bits per heavy atom. The molecule has 2 rings (SSSR count). The third kappa shape index (κ3) is 5.94. The fourth-order valence-corrected chi connectivity index (χ4v) is 3.73. The maximum atomic E-state index is 12.1. The molecular formula is C19H34O11. The zero-order valence-corrected chi connectivity index (χ0v) is 17.0. The Kier molecular flexibility index (Phi) is 10.0. The number of aliphatic hydroxyl groups excluding tert-OH is 7. The average molecular weight is 438 g/mol. The number of ketones is 1. The van der Waals surface area contributed by atoms with Gasteiger partial charge < -0.3 is 50.0 Å². The zero-order chi connectivity index (χ0) is 22.4. The Labute approximate surface area is 174 Å². The van der Waals surface area contributed by atoms with Crippen molar-refractivity contribution in [1.29, 1.82) is 0 Å². The summed E-state index contributed by atoms with van der Waals surface area (Å²) in [5, 5.41) is 69.7. The van der Waals surface area contributed by atoms with Crippen LogP contribution in [0, 0.1) is 0 Å². The first-order valence-electron chi connectivity index (χ1n) is 10.3. The molecule has 2 fully saturated rings. The van der Waals surface area contributed by atoms with Gasteiger partial charge in [0.1, 0.15) is 54.6 Å². The lowest BCUT2D eigenvalue weighted by atomic mass is 9.91. The highest BCUT2D eigenvalue weighted by atomic mass is 16.7. The number of carbonyl (C=O) groups is 1. The van der Waals surface area contributed by atoms with Crippen LogP contribution in [0.4, 0.5) is 0 Å². The summed E-state index contributed by atoms with van der Waals surface area (Å²) in [7, 11) is 0. The minimum atomic E-state index is -1.72. The Morgan fingerprint density at radius 2 is 1.43 bits per heavy atom. The normalized spacial score (nSPS) is 42.3. The number of hydrogen-bond acceptors (Lipinski definition) is 11. The smallest absolute Gasteiger partial charge is 0.187 e. The number of ether oxygens (including phenoxy) is 3. The first kappa shape index (κ1) is 25.5. The van der Waals surface area contributed by atoms with Gasteiger partial charge in [-0.25, -0.2) is 0 Å². The Morgan fingerprint density at radius 3 is 2.03 bits per heavy atom. The molecule has 2 aliphatic rings. The summed E-state index contributed by atoms with van der Waals surface area (Å²) >= 11 is 0. The second-order valence-corrected chi connectivity index (χ2v) is 7.87. The summed E-state index contributed by atoms with van der Waals surface area (Å²) < 4.78 is 16.3. The van der Waals surface area contributed by atoms with Crippen LogP contribution in [0.2, 0.25) is 0 Å². The van der Waals surface area contributed by atoms with Crippen LogP contribution in [-0.2, 0) is 19.0 Å². The van der Waals surface area contributed by atoms with Gasteiger partial charge in [0, 0.05) is 12.8 Å². The monoisotopic (exact) mass is 438 g/mol. The molecule has 30 heavy (non-hydrogen) atoms. The minimum absolute atomic E-state index is 0.134. The molecule has 0 aromatic carbocycles. The molecule has 2 heterocycles. The predicted molar refractivity (Wildman–Crippen MR) is 100 cm³/mol. The average Bonchev–Trinajstić information content (AvgIpc) is 2.73. The first-order chi connectivity index (χ1) is 14.2. The van der Waals surface area contributed by atoms with Gasteiger partial charge in [0.25, 0.3) is 0 Å². The van der Waals surface area contributed by atoms with E-state index in [2.05, 4.69) is 0 Å². The summed E-state index contributed by atoms with van der Waals surface area (Å²) in [6.07, 6.45) is -11.7. The molecule has 7 N–H and O–H groups in total. The molecule has 2 aliphatic heterocycles. The molecule has 0 aliphatic carbocycles. The fraction of sp³-hybridized carbons (Fsp3) is 0.947. The molecule has 0 radical (unpaired) electrons. The van der Waals surface area contributed by atoms with E-state index in [1.54, 1.807) is 0 Å². The summed E-state index contributed by atoms with van der Waals surface area (Å²) in [5.41, 5.74) is 0. The lowest BCUT2D eigenvalue weighted by Gasteiger charge is -2.46. The van der Waals surface area contributed by atoms with Crippen LogP contribution in [0.3, 0.4) is 0 Å². The molecule has 0 saturated carbocycles. The first-order valence-corrected chi connectivity index (χ1v) is 10.3. The van der Waals surface area contributed by atoms with Gasteiger partial charge in [0.2, 0.25) is 0 Å². The quantitative estimate of drug-likeness (QED) is 0.175. The largest absolute Gasteiger partial charge is 0.394 e.